The maximum absolute atomic E-state index is 13.3. The third-order valence-corrected chi connectivity index (χ3v) is 8.09. The number of carbonyl (C=O) groups is 1. The van der Waals surface area contributed by atoms with Crippen LogP contribution < -0.4 is 9.62 Å². The van der Waals surface area contributed by atoms with Gasteiger partial charge >= 0.3 is 0 Å². The summed E-state index contributed by atoms with van der Waals surface area (Å²) in [7, 11) is -3.21. The number of carbonyl (C=O) groups excluding carboxylic acids is 1. The molecule has 6 nitrogen and oxygen atoms in total. The Labute approximate surface area is 179 Å². The van der Waals surface area contributed by atoms with Crippen molar-refractivity contribution in [3.05, 3.63) is 58.6 Å². The average Bonchev–Trinajstić information content (AvgIpc) is 3.08. The Morgan fingerprint density at radius 3 is 2.28 bits per heavy atom. The minimum Gasteiger partial charge on any atom is -0.381 e. The van der Waals surface area contributed by atoms with Crippen LogP contribution in [0.2, 0.25) is 0 Å². The summed E-state index contributed by atoms with van der Waals surface area (Å²) < 4.78 is 32.1. The molecule has 2 saturated heterocycles. The highest BCUT2D eigenvalue weighted by Gasteiger charge is 2.41. The van der Waals surface area contributed by atoms with E-state index in [0.29, 0.717) is 50.4 Å². The molecule has 2 heterocycles. The van der Waals surface area contributed by atoms with Gasteiger partial charge in [0.05, 0.1) is 16.9 Å². The van der Waals surface area contributed by atoms with Gasteiger partial charge < -0.3 is 10.1 Å². The number of nitrogens with zero attached hydrogens (tertiary/aromatic N) is 1. The number of hydrogen-bond acceptors (Lipinski definition) is 4. The monoisotopic (exact) mass is 478 g/mol. The van der Waals surface area contributed by atoms with E-state index in [9.17, 15) is 13.2 Å². The second-order valence-corrected chi connectivity index (χ2v) is 10.4. The quantitative estimate of drug-likeness (QED) is 0.726. The van der Waals surface area contributed by atoms with E-state index in [4.69, 9.17) is 4.74 Å². The highest BCUT2D eigenvalue weighted by Crippen LogP contribution is 2.37. The summed E-state index contributed by atoms with van der Waals surface area (Å²) in [6.07, 6.45) is 1.87. The van der Waals surface area contributed by atoms with Crippen LogP contribution in [0.15, 0.2) is 53.0 Å². The lowest BCUT2D eigenvalue weighted by Gasteiger charge is -2.36. The molecule has 0 atom stereocenters. The van der Waals surface area contributed by atoms with E-state index in [2.05, 4.69) is 21.2 Å². The molecule has 2 aliphatic heterocycles. The molecule has 1 N–H and O–H groups in total. The molecule has 2 aromatic rings. The second-order valence-electron chi connectivity index (χ2n) is 7.44. The molecule has 0 bridgehead atoms. The van der Waals surface area contributed by atoms with Gasteiger partial charge in [-0.25, -0.2) is 8.42 Å². The Balaban J connectivity index is 1.56. The largest absolute Gasteiger partial charge is 0.381 e. The minimum atomic E-state index is -3.21. The van der Waals surface area contributed by atoms with Crippen LogP contribution >= 0.6 is 15.9 Å². The van der Waals surface area contributed by atoms with Gasteiger partial charge in [-0.15, -0.1) is 0 Å². The van der Waals surface area contributed by atoms with Crippen molar-refractivity contribution >= 4 is 43.2 Å². The summed E-state index contributed by atoms with van der Waals surface area (Å²) in [5.74, 6) is 0.119. The first-order valence-electron chi connectivity index (χ1n) is 9.66. The Morgan fingerprint density at radius 1 is 1.03 bits per heavy atom. The lowest BCUT2D eigenvalue weighted by molar-refractivity contribution is -0.125. The van der Waals surface area contributed by atoms with Gasteiger partial charge in [-0.3, -0.25) is 9.10 Å². The molecule has 29 heavy (non-hydrogen) atoms. The molecule has 0 unspecified atom stereocenters. The summed E-state index contributed by atoms with van der Waals surface area (Å²) in [5.41, 5.74) is 1.62. The maximum atomic E-state index is 13.3. The lowest BCUT2D eigenvalue weighted by atomic mass is 9.73. The number of rotatable bonds is 4. The molecule has 0 radical (unpaired) electrons. The first kappa shape index (κ1) is 20.4. The van der Waals surface area contributed by atoms with Crippen LogP contribution in [0, 0.1) is 0 Å². The molecule has 2 fully saturated rings. The van der Waals surface area contributed by atoms with Crippen LogP contribution in [0.3, 0.4) is 0 Å². The number of sulfonamides is 1. The molecule has 2 aromatic carbocycles. The summed E-state index contributed by atoms with van der Waals surface area (Å²) >= 11 is 3.45. The predicted molar refractivity (Wildman–Crippen MR) is 117 cm³/mol. The van der Waals surface area contributed by atoms with Crippen molar-refractivity contribution in [3.8, 4) is 0 Å². The van der Waals surface area contributed by atoms with Gasteiger partial charge in [0, 0.05) is 29.9 Å². The second kappa shape index (κ2) is 8.08. The van der Waals surface area contributed by atoms with Gasteiger partial charge in [-0.05, 0) is 61.2 Å². The number of anilines is 2. The zero-order chi connectivity index (χ0) is 20.5. The van der Waals surface area contributed by atoms with Crippen molar-refractivity contribution in [3.63, 3.8) is 0 Å². The smallest absolute Gasteiger partial charge is 0.235 e. The summed E-state index contributed by atoms with van der Waals surface area (Å²) in [6.45, 7) is 1.57. The highest BCUT2D eigenvalue weighted by molar-refractivity contribution is 9.10. The third-order valence-electron chi connectivity index (χ3n) is 5.69. The fourth-order valence-corrected chi connectivity index (χ4v) is 5.86. The summed E-state index contributed by atoms with van der Waals surface area (Å²) in [4.78, 5) is 13.3. The van der Waals surface area contributed by atoms with Crippen molar-refractivity contribution in [1.29, 1.82) is 0 Å². The fourth-order valence-electron chi connectivity index (χ4n) is 4.03. The first-order chi connectivity index (χ1) is 13.9. The highest BCUT2D eigenvalue weighted by atomic mass is 79.9. The van der Waals surface area contributed by atoms with E-state index in [-0.39, 0.29) is 11.7 Å². The molecule has 1 amide bonds. The standard InChI is InChI=1S/C21H23BrN2O4S/c22-17-4-2-16(3-5-17)21(10-13-28-14-11-21)20(25)23-18-6-8-19(9-7-18)24-12-1-15-29(24,26)27/h2-9H,1,10-15H2,(H,23,25). The molecular weight excluding hydrogens is 456 g/mol. The Bertz CT molecular complexity index is 984. The lowest BCUT2D eigenvalue weighted by Crippen LogP contribution is -2.44. The van der Waals surface area contributed by atoms with Gasteiger partial charge in [0.25, 0.3) is 0 Å². The SMILES string of the molecule is O=C(Nc1ccc(N2CCCS2(=O)=O)cc1)C1(c2ccc(Br)cc2)CCOCC1. The number of ether oxygens (including phenoxy) is 1. The molecule has 0 aromatic heterocycles. The van der Waals surface area contributed by atoms with Crippen molar-refractivity contribution in [1.82, 2.24) is 0 Å². The first-order valence-corrected chi connectivity index (χ1v) is 12.1. The van der Waals surface area contributed by atoms with Crippen molar-refractivity contribution in [2.75, 3.05) is 35.1 Å². The van der Waals surface area contributed by atoms with Crippen molar-refractivity contribution in [2.45, 2.75) is 24.7 Å². The number of amides is 1. The van der Waals surface area contributed by atoms with Gasteiger partial charge in [0.2, 0.25) is 15.9 Å². The Hall–Kier alpha value is -1.90. The molecule has 4 rings (SSSR count). The molecule has 154 valence electrons. The van der Waals surface area contributed by atoms with Crippen LogP contribution in [0.1, 0.15) is 24.8 Å². The van der Waals surface area contributed by atoms with Crippen LogP contribution in [0.25, 0.3) is 0 Å². The number of benzene rings is 2. The number of nitrogens with one attached hydrogen (secondary N) is 1. The van der Waals surface area contributed by atoms with Gasteiger partial charge in [0.15, 0.2) is 0 Å². The van der Waals surface area contributed by atoms with E-state index in [1.54, 1.807) is 24.3 Å². The fraction of sp³-hybridized carbons (Fsp3) is 0.381. The minimum absolute atomic E-state index is 0.0651. The van der Waals surface area contributed by atoms with Gasteiger partial charge in [-0.2, -0.15) is 0 Å². The summed E-state index contributed by atoms with van der Waals surface area (Å²) in [6, 6.07) is 14.9. The zero-order valence-corrected chi connectivity index (χ0v) is 18.3. The molecule has 0 spiro atoms. The number of hydrogen-bond donors (Lipinski definition) is 1. The van der Waals surface area contributed by atoms with E-state index in [0.717, 1.165) is 10.0 Å². The van der Waals surface area contributed by atoms with Crippen LogP contribution in [-0.4, -0.2) is 39.8 Å². The Kier molecular flexibility index (Phi) is 5.68. The van der Waals surface area contributed by atoms with E-state index < -0.39 is 15.4 Å². The maximum Gasteiger partial charge on any atom is 0.235 e. The van der Waals surface area contributed by atoms with Crippen LogP contribution in [0.4, 0.5) is 11.4 Å². The van der Waals surface area contributed by atoms with E-state index in [1.807, 2.05) is 24.3 Å². The number of halogens is 1. The van der Waals surface area contributed by atoms with Crippen molar-refractivity contribution < 1.29 is 17.9 Å². The van der Waals surface area contributed by atoms with Crippen LogP contribution in [0.5, 0.6) is 0 Å². The zero-order valence-electron chi connectivity index (χ0n) is 15.9. The van der Waals surface area contributed by atoms with E-state index >= 15 is 0 Å². The average molecular weight is 479 g/mol. The molecule has 2 aliphatic rings. The molecular formula is C21H23BrN2O4S. The molecule has 8 heteroatoms. The van der Waals surface area contributed by atoms with E-state index in [1.165, 1.54) is 4.31 Å². The molecule has 0 saturated carbocycles. The summed E-state index contributed by atoms with van der Waals surface area (Å²) in [5, 5.41) is 3.03. The van der Waals surface area contributed by atoms with Crippen molar-refractivity contribution in [2.24, 2.45) is 0 Å². The van der Waals surface area contributed by atoms with Gasteiger partial charge in [-0.1, -0.05) is 28.1 Å². The van der Waals surface area contributed by atoms with Gasteiger partial charge in [0.1, 0.15) is 0 Å². The third kappa shape index (κ3) is 4.06. The normalized spacial score (nSPS) is 20.4. The van der Waals surface area contributed by atoms with Crippen LogP contribution in [-0.2, 0) is 25.0 Å². The Morgan fingerprint density at radius 2 is 1.69 bits per heavy atom. The topological polar surface area (TPSA) is 75.7 Å². The molecule has 0 aliphatic carbocycles. The predicted octanol–water partition coefficient (Wildman–Crippen LogP) is 3.68.